The lowest BCUT2D eigenvalue weighted by molar-refractivity contribution is -0.0149. The first-order valence-corrected chi connectivity index (χ1v) is 9.50. The van der Waals surface area contributed by atoms with E-state index < -0.39 is 10.1 Å². The maximum Gasteiger partial charge on any atom is 0.295 e. The zero-order valence-corrected chi connectivity index (χ0v) is 14.8. The Morgan fingerprint density at radius 1 is 0.680 bits per heavy atom. The summed E-state index contributed by atoms with van der Waals surface area (Å²) in [7, 11) is -4.39. The topological polar surface area (TPSA) is 101 Å². The van der Waals surface area contributed by atoms with E-state index in [4.69, 9.17) is 23.7 Å². The normalized spacial score (nSPS) is 19.7. The van der Waals surface area contributed by atoms with E-state index in [0.29, 0.717) is 64.0 Å². The van der Waals surface area contributed by atoms with Gasteiger partial charge in [0.2, 0.25) is 0 Å². The maximum atomic E-state index is 11.8. The molecular weight excluding hydrogens is 352 g/mol. The number of rotatable bonds is 1. The number of fused-ring (bicyclic) bond motifs is 2. The van der Waals surface area contributed by atoms with Crippen molar-refractivity contribution in [2.24, 2.45) is 0 Å². The van der Waals surface area contributed by atoms with Crippen LogP contribution >= 0.6 is 0 Å². The van der Waals surface area contributed by atoms with E-state index in [0.717, 1.165) is 0 Å². The second kappa shape index (κ2) is 10.8. The Kier molecular flexibility index (Phi) is 8.76. The fourth-order valence-corrected chi connectivity index (χ4v) is 3.26. The van der Waals surface area contributed by atoms with Crippen molar-refractivity contribution in [1.29, 1.82) is 0 Å². The predicted molar refractivity (Wildman–Crippen MR) is 88.0 cm³/mol. The van der Waals surface area contributed by atoms with Crippen molar-refractivity contribution in [1.82, 2.24) is 0 Å². The van der Waals surface area contributed by atoms with Gasteiger partial charge in [-0.3, -0.25) is 4.55 Å². The molecule has 1 aromatic rings. The third-order valence-electron chi connectivity index (χ3n) is 3.44. The number of ether oxygens (including phenoxy) is 5. The molecule has 1 N–H and O–H groups in total. The molecule has 0 saturated carbocycles. The van der Waals surface area contributed by atoms with Crippen LogP contribution in [0.1, 0.15) is 11.1 Å². The fourth-order valence-electron chi connectivity index (χ4n) is 2.34. The third kappa shape index (κ3) is 7.37. The molecule has 8 nitrogen and oxygen atoms in total. The van der Waals surface area contributed by atoms with Crippen LogP contribution in [0.15, 0.2) is 23.1 Å². The lowest BCUT2D eigenvalue weighted by Crippen LogP contribution is -2.15. The molecule has 1 aliphatic heterocycles. The van der Waals surface area contributed by atoms with Gasteiger partial charge in [-0.25, -0.2) is 0 Å². The number of hydrogen-bond donors (Lipinski definition) is 1. The number of benzene rings is 1. The van der Waals surface area contributed by atoms with E-state index in [9.17, 15) is 13.0 Å². The van der Waals surface area contributed by atoms with E-state index in [1.807, 2.05) is 0 Å². The summed E-state index contributed by atoms with van der Waals surface area (Å²) in [5.74, 6) is 0. The SMILES string of the molecule is O=S(=O)(O)c1c2cccc1COCCOCCOCCOCCOC2. The van der Waals surface area contributed by atoms with Crippen LogP contribution in [0, 0.1) is 0 Å². The molecule has 1 aliphatic rings. The highest BCUT2D eigenvalue weighted by atomic mass is 32.2. The van der Waals surface area contributed by atoms with Gasteiger partial charge in [0.25, 0.3) is 10.1 Å². The van der Waals surface area contributed by atoms with E-state index in [1.54, 1.807) is 18.2 Å². The van der Waals surface area contributed by atoms with Crippen molar-refractivity contribution in [2.75, 3.05) is 52.9 Å². The van der Waals surface area contributed by atoms with Crippen LogP contribution in [-0.4, -0.2) is 65.8 Å². The van der Waals surface area contributed by atoms with E-state index in [-0.39, 0.29) is 18.1 Å². The average Bonchev–Trinajstić information content (AvgIpc) is 2.56. The minimum atomic E-state index is -4.39. The summed E-state index contributed by atoms with van der Waals surface area (Å²) in [6.07, 6.45) is 0. The van der Waals surface area contributed by atoms with Gasteiger partial charge in [-0.1, -0.05) is 18.2 Å². The highest BCUT2D eigenvalue weighted by molar-refractivity contribution is 7.86. The Morgan fingerprint density at radius 3 is 1.40 bits per heavy atom. The van der Waals surface area contributed by atoms with Crippen LogP contribution in [0.5, 0.6) is 0 Å². The quantitative estimate of drug-likeness (QED) is 0.726. The molecule has 0 aromatic heterocycles. The average molecular weight is 376 g/mol. The zero-order chi connectivity index (χ0) is 18.0. The summed E-state index contributed by atoms with van der Waals surface area (Å²) in [6.45, 7) is 3.25. The molecule has 1 heterocycles. The molecule has 0 amide bonds. The fraction of sp³-hybridized carbons (Fsp3) is 0.625. The molecule has 0 saturated heterocycles. The Labute approximate surface area is 147 Å². The first-order valence-electron chi connectivity index (χ1n) is 8.06. The second-order valence-electron chi connectivity index (χ2n) is 5.32. The van der Waals surface area contributed by atoms with Crippen LogP contribution in [0.2, 0.25) is 0 Å². The minimum Gasteiger partial charge on any atom is -0.377 e. The van der Waals surface area contributed by atoms with Gasteiger partial charge < -0.3 is 23.7 Å². The van der Waals surface area contributed by atoms with Crippen molar-refractivity contribution < 1.29 is 36.7 Å². The van der Waals surface area contributed by atoms with Crippen LogP contribution < -0.4 is 0 Å². The van der Waals surface area contributed by atoms with Crippen LogP contribution in [0.3, 0.4) is 0 Å². The lowest BCUT2D eigenvalue weighted by atomic mass is 10.1. The van der Waals surface area contributed by atoms with Gasteiger partial charge >= 0.3 is 0 Å². The molecule has 0 fully saturated rings. The third-order valence-corrected chi connectivity index (χ3v) is 4.48. The molecule has 25 heavy (non-hydrogen) atoms. The minimum absolute atomic E-state index is 0.0476. The summed E-state index contributed by atoms with van der Waals surface area (Å²) >= 11 is 0. The van der Waals surface area contributed by atoms with E-state index in [1.165, 1.54) is 0 Å². The summed E-state index contributed by atoms with van der Waals surface area (Å²) in [4.78, 5) is -0.161. The Hall–Kier alpha value is -1.07. The van der Waals surface area contributed by atoms with Gasteiger partial charge in [0, 0.05) is 0 Å². The largest absolute Gasteiger partial charge is 0.377 e. The van der Waals surface area contributed by atoms with Crippen molar-refractivity contribution >= 4 is 10.1 Å². The second-order valence-corrected chi connectivity index (χ2v) is 6.68. The standard InChI is InChI=1S/C16H24O8S/c17-25(18,19)16-14-2-1-3-15(16)13-24-11-9-22-7-5-20-4-6-21-8-10-23-12-14/h1-3H,4-13H2,(H,17,18,19). The van der Waals surface area contributed by atoms with Gasteiger partial charge in [0.15, 0.2) is 0 Å². The summed E-state index contributed by atoms with van der Waals surface area (Å²) in [5.41, 5.74) is 0.758. The summed E-state index contributed by atoms with van der Waals surface area (Å²) in [6, 6.07) is 4.90. The zero-order valence-electron chi connectivity index (χ0n) is 14.0. The Bertz CT molecular complexity index is 582. The summed E-state index contributed by atoms with van der Waals surface area (Å²) in [5, 5.41) is 0. The molecule has 0 radical (unpaired) electrons. The van der Waals surface area contributed by atoms with E-state index >= 15 is 0 Å². The van der Waals surface area contributed by atoms with Crippen LogP contribution in [0.4, 0.5) is 0 Å². The van der Waals surface area contributed by atoms with Crippen molar-refractivity contribution in [3.63, 3.8) is 0 Å². The lowest BCUT2D eigenvalue weighted by Gasteiger charge is -2.14. The van der Waals surface area contributed by atoms with Gasteiger partial charge in [0.1, 0.15) is 4.90 Å². The maximum absolute atomic E-state index is 11.8. The molecule has 2 bridgehead atoms. The Morgan fingerprint density at radius 2 is 1.04 bits per heavy atom. The van der Waals surface area contributed by atoms with E-state index in [2.05, 4.69) is 0 Å². The van der Waals surface area contributed by atoms with Crippen LogP contribution in [0.25, 0.3) is 0 Å². The molecule has 0 aliphatic carbocycles. The molecule has 9 heteroatoms. The van der Waals surface area contributed by atoms with Crippen molar-refractivity contribution in [2.45, 2.75) is 18.1 Å². The van der Waals surface area contributed by atoms with Gasteiger partial charge in [-0.15, -0.1) is 0 Å². The molecule has 142 valence electrons. The predicted octanol–water partition coefficient (Wildman–Crippen LogP) is 1.03. The van der Waals surface area contributed by atoms with Crippen molar-refractivity contribution in [3.05, 3.63) is 29.3 Å². The highest BCUT2D eigenvalue weighted by Gasteiger charge is 2.20. The molecule has 0 atom stereocenters. The first kappa shape index (κ1) is 20.2. The smallest absolute Gasteiger partial charge is 0.295 e. The molecule has 1 aromatic carbocycles. The first-order chi connectivity index (χ1) is 12.1. The van der Waals surface area contributed by atoms with Gasteiger partial charge in [0.05, 0.1) is 66.1 Å². The molecular formula is C16H24O8S. The Balaban J connectivity index is 2.08. The van der Waals surface area contributed by atoms with Gasteiger partial charge in [-0.2, -0.15) is 8.42 Å². The van der Waals surface area contributed by atoms with Gasteiger partial charge in [-0.05, 0) is 11.1 Å². The van der Waals surface area contributed by atoms with Crippen molar-refractivity contribution in [3.8, 4) is 0 Å². The highest BCUT2D eigenvalue weighted by Crippen LogP contribution is 2.22. The monoisotopic (exact) mass is 376 g/mol. The molecule has 2 rings (SSSR count). The number of hydrogen-bond acceptors (Lipinski definition) is 7. The molecule has 0 spiro atoms. The van der Waals surface area contributed by atoms with Crippen LogP contribution in [-0.2, 0) is 47.0 Å². The summed E-state index contributed by atoms with van der Waals surface area (Å²) < 4.78 is 60.1. The molecule has 0 unspecified atom stereocenters.